The van der Waals surface area contributed by atoms with Crippen LogP contribution in [-0.4, -0.2) is 23.9 Å². The van der Waals surface area contributed by atoms with Crippen LogP contribution in [0.3, 0.4) is 0 Å². The zero-order valence-electron chi connectivity index (χ0n) is 16.2. The lowest BCUT2D eigenvalue weighted by atomic mass is 10.1. The number of fused-ring (bicyclic) bond motifs is 2. The predicted octanol–water partition coefficient (Wildman–Crippen LogP) is 2.82. The molecule has 5 rings (SSSR count). The highest BCUT2D eigenvalue weighted by Gasteiger charge is 2.24. The first kappa shape index (κ1) is 18.0. The molecule has 0 unspecified atom stereocenters. The fraction of sp³-hybridized carbons (Fsp3) is 0.0909. The highest BCUT2D eigenvalue weighted by Crippen LogP contribution is 2.31. The molecule has 0 fully saturated rings. The number of rotatable bonds is 2. The second-order valence-corrected chi connectivity index (χ2v) is 7.02. The molecule has 3 aromatic rings. The SMILES string of the molecule is Cc1nn(-c2ccccc2)c2c1cc1c(=O)n(C)c(=O)nc-1n2-c1ccc(F)cc1. The fourth-order valence-electron chi connectivity index (χ4n) is 3.63. The van der Waals surface area contributed by atoms with E-state index in [1.54, 1.807) is 27.4 Å². The number of nitrogens with zero attached hydrogens (tertiary/aromatic N) is 5. The Morgan fingerprint density at radius 1 is 0.933 bits per heavy atom. The van der Waals surface area contributed by atoms with Crippen molar-refractivity contribution in [1.82, 2.24) is 23.9 Å². The largest absolute Gasteiger partial charge is 0.352 e. The highest BCUT2D eigenvalue weighted by molar-refractivity contribution is 5.88. The van der Waals surface area contributed by atoms with Gasteiger partial charge in [-0.25, -0.2) is 13.9 Å². The third-order valence-electron chi connectivity index (χ3n) is 5.14. The van der Waals surface area contributed by atoms with Gasteiger partial charge in [0.05, 0.1) is 16.9 Å². The van der Waals surface area contributed by atoms with Crippen molar-refractivity contribution in [3.05, 3.63) is 93.0 Å². The lowest BCUT2D eigenvalue weighted by molar-refractivity contribution is 0.627. The van der Waals surface area contributed by atoms with Crippen LogP contribution in [0.4, 0.5) is 4.39 Å². The minimum absolute atomic E-state index is 0.194. The molecule has 0 saturated heterocycles. The van der Waals surface area contributed by atoms with E-state index in [0.29, 0.717) is 17.0 Å². The molecule has 148 valence electrons. The summed E-state index contributed by atoms with van der Waals surface area (Å²) in [5.74, 6) is -0.198. The minimum atomic E-state index is -0.662. The lowest BCUT2D eigenvalue weighted by Gasteiger charge is -2.18. The lowest BCUT2D eigenvalue weighted by Crippen LogP contribution is -2.35. The first-order valence-corrected chi connectivity index (χ1v) is 9.29. The van der Waals surface area contributed by atoms with E-state index in [1.807, 2.05) is 37.3 Å². The molecule has 2 aromatic carbocycles. The van der Waals surface area contributed by atoms with Gasteiger partial charge in [0.25, 0.3) is 5.56 Å². The summed E-state index contributed by atoms with van der Waals surface area (Å²) in [6, 6.07) is 17.0. The average molecular weight is 401 g/mol. The standard InChI is InChI=1S/C22H16FN5O2/c1-13-17-12-18-19(24-22(30)26(2)21(18)29)27(15-10-8-14(23)9-11-15)20(17)28(25-13)16-6-4-3-5-7-16/h3-12H,1-2H3. The van der Waals surface area contributed by atoms with Gasteiger partial charge in [-0.15, -0.1) is 0 Å². The van der Waals surface area contributed by atoms with E-state index in [0.717, 1.165) is 15.6 Å². The third-order valence-corrected chi connectivity index (χ3v) is 5.14. The van der Waals surface area contributed by atoms with Gasteiger partial charge in [0, 0.05) is 18.1 Å². The predicted molar refractivity (Wildman–Crippen MR) is 111 cm³/mol. The molecular weight excluding hydrogens is 385 g/mol. The molecule has 0 spiro atoms. The number of aromatic nitrogens is 5. The molecule has 0 amide bonds. The van der Waals surface area contributed by atoms with Crippen LogP contribution in [0.2, 0.25) is 0 Å². The van der Waals surface area contributed by atoms with Crippen molar-refractivity contribution >= 4 is 11.0 Å². The molecule has 8 heteroatoms. The number of hydrogen-bond acceptors (Lipinski definition) is 4. The summed E-state index contributed by atoms with van der Waals surface area (Å²) in [6.07, 6.45) is 0. The maximum Gasteiger partial charge on any atom is 0.352 e. The molecule has 0 radical (unpaired) electrons. The summed E-state index contributed by atoms with van der Waals surface area (Å²) >= 11 is 0. The van der Waals surface area contributed by atoms with Crippen LogP contribution in [0.15, 0.2) is 70.3 Å². The third kappa shape index (κ3) is 2.57. The Labute approximate surface area is 169 Å². The van der Waals surface area contributed by atoms with Crippen molar-refractivity contribution in [2.24, 2.45) is 7.05 Å². The molecule has 0 saturated carbocycles. The van der Waals surface area contributed by atoms with Gasteiger partial charge in [0.15, 0.2) is 5.82 Å². The van der Waals surface area contributed by atoms with Crippen molar-refractivity contribution < 1.29 is 4.39 Å². The van der Waals surface area contributed by atoms with Crippen LogP contribution in [-0.2, 0) is 7.05 Å². The fourth-order valence-corrected chi connectivity index (χ4v) is 3.63. The van der Waals surface area contributed by atoms with Crippen LogP contribution >= 0.6 is 0 Å². The van der Waals surface area contributed by atoms with E-state index in [9.17, 15) is 14.0 Å². The summed E-state index contributed by atoms with van der Waals surface area (Å²) in [4.78, 5) is 29.3. The minimum Gasteiger partial charge on any atom is -0.278 e. The Morgan fingerprint density at radius 3 is 2.33 bits per heavy atom. The summed E-state index contributed by atoms with van der Waals surface area (Å²) in [5.41, 5.74) is 1.86. The molecule has 3 heterocycles. The van der Waals surface area contributed by atoms with Gasteiger partial charge in [-0.2, -0.15) is 10.1 Å². The highest BCUT2D eigenvalue weighted by atomic mass is 19.1. The smallest absolute Gasteiger partial charge is 0.278 e. The van der Waals surface area contributed by atoms with Crippen LogP contribution < -0.4 is 11.2 Å². The van der Waals surface area contributed by atoms with Crippen LogP contribution in [0.25, 0.3) is 33.8 Å². The van der Waals surface area contributed by atoms with Gasteiger partial charge < -0.3 is 0 Å². The molecule has 2 aliphatic rings. The van der Waals surface area contributed by atoms with E-state index in [4.69, 9.17) is 0 Å². The van der Waals surface area contributed by atoms with E-state index in [-0.39, 0.29) is 11.4 Å². The Bertz CT molecular complexity index is 1500. The van der Waals surface area contributed by atoms with E-state index in [1.165, 1.54) is 19.2 Å². The topological polar surface area (TPSA) is 74.7 Å². The molecule has 0 aliphatic carbocycles. The normalized spacial score (nSPS) is 11.4. The number of pyridine rings is 1. The van der Waals surface area contributed by atoms with Gasteiger partial charge in [-0.1, -0.05) is 18.2 Å². The zero-order valence-corrected chi connectivity index (χ0v) is 16.2. The molecule has 1 aromatic heterocycles. The maximum atomic E-state index is 13.6. The van der Waals surface area contributed by atoms with Crippen LogP contribution in [0.5, 0.6) is 0 Å². The molecule has 7 nitrogen and oxygen atoms in total. The molecule has 0 N–H and O–H groups in total. The monoisotopic (exact) mass is 401 g/mol. The maximum absolute atomic E-state index is 13.6. The molecule has 0 bridgehead atoms. The van der Waals surface area contributed by atoms with Gasteiger partial charge >= 0.3 is 5.69 Å². The summed E-state index contributed by atoms with van der Waals surface area (Å²) < 4.78 is 18.0. The number of aryl methyl sites for hydroxylation is 1. The van der Waals surface area contributed by atoms with Crippen LogP contribution in [0.1, 0.15) is 5.69 Å². The molecular formula is C22H16FN5O2. The number of para-hydroxylation sites is 1. The second-order valence-electron chi connectivity index (χ2n) is 7.02. The Balaban J connectivity index is 2.04. The van der Waals surface area contributed by atoms with Crippen molar-refractivity contribution in [1.29, 1.82) is 0 Å². The van der Waals surface area contributed by atoms with Gasteiger partial charge in [0.2, 0.25) is 0 Å². The molecule has 2 aliphatic heterocycles. The van der Waals surface area contributed by atoms with E-state index in [2.05, 4.69) is 10.1 Å². The second kappa shape index (κ2) is 6.48. The molecule has 0 atom stereocenters. The summed E-state index contributed by atoms with van der Waals surface area (Å²) in [6.45, 7) is 1.85. The van der Waals surface area contributed by atoms with Gasteiger partial charge in [-0.05, 0) is 49.4 Å². The Kier molecular flexibility index (Phi) is 3.89. The van der Waals surface area contributed by atoms with Crippen molar-refractivity contribution in [2.45, 2.75) is 6.92 Å². The zero-order chi connectivity index (χ0) is 21.0. The molecule has 30 heavy (non-hydrogen) atoms. The Morgan fingerprint density at radius 2 is 1.63 bits per heavy atom. The van der Waals surface area contributed by atoms with E-state index < -0.39 is 17.1 Å². The summed E-state index contributed by atoms with van der Waals surface area (Å²) in [5, 5.41) is 5.40. The van der Waals surface area contributed by atoms with Crippen molar-refractivity contribution in [3.63, 3.8) is 0 Å². The first-order chi connectivity index (χ1) is 14.5. The van der Waals surface area contributed by atoms with E-state index >= 15 is 0 Å². The number of hydrogen-bond donors (Lipinski definition) is 0. The summed E-state index contributed by atoms with van der Waals surface area (Å²) in [7, 11) is 1.39. The first-order valence-electron chi connectivity index (χ1n) is 9.29. The van der Waals surface area contributed by atoms with Crippen molar-refractivity contribution in [3.8, 4) is 22.8 Å². The van der Waals surface area contributed by atoms with Crippen LogP contribution in [0, 0.1) is 12.7 Å². The quantitative estimate of drug-likeness (QED) is 0.456. The van der Waals surface area contributed by atoms with Gasteiger partial charge in [0.1, 0.15) is 11.5 Å². The van der Waals surface area contributed by atoms with Crippen molar-refractivity contribution in [2.75, 3.05) is 0 Å². The average Bonchev–Trinajstić information content (AvgIpc) is 3.09. The Hall–Kier alpha value is -4.07. The van der Waals surface area contributed by atoms with Gasteiger partial charge in [-0.3, -0.25) is 13.9 Å². The number of halogens is 1. The number of benzene rings is 2.